The van der Waals surface area contributed by atoms with Crippen LogP contribution in [-0.2, 0) is 4.74 Å². The fourth-order valence-electron chi connectivity index (χ4n) is 1.62. The van der Waals surface area contributed by atoms with Gasteiger partial charge < -0.3 is 9.64 Å². The fourth-order valence-corrected chi connectivity index (χ4v) is 1.62. The lowest BCUT2D eigenvalue weighted by Gasteiger charge is -2.27. The second kappa shape index (κ2) is 4.14. The minimum absolute atomic E-state index is 0.0658. The molecule has 1 rings (SSSR count). The summed E-state index contributed by atoms with van der Waals surface area (Å²) in [5, 5.41) is 0. The Bertz CT molecular complexity index is 278. The van der Waals surface area contributed by atoms with Crippen molar-refractivity contribution < 1.29 is 22.7 Å². The summed E-state index contributed by atoms with van der Waals surface area (Å²) in [6.45, 7) is 4.24. The molecular weight excluding hydrogens is 223 g/mol. The first-order valence-corrected chi connectivity index (χ1v) is 5.18. The van der Waals surface area contributed by atoms with Crippen LogP contribution in [0.3, 0.4) is 0 Å². The van der Waals surface area contributed by atoms with Crippen molar-refractivity contribution in [3.8, 4) is 0 Å². The third-order valence-electron chi connectivity index (χ3n) is 2.75. The SMILES string of the molecule is CC(C)OC(=O)N1CCC(C)(C(F)(F)F)C1. The minimum Gasteiger partial charge on any atom is -0.447 e. The number of ether oxygens (including phenoxy) is 1. The Kier molecular flexibility index (Phi) is 3.40. The number of carbonyl (C=O) groups excluding carboxylic acids is 1. The van der Waals surface area contributed by atoms with Crippen molar-refractivity contribution in [2.24, 2.45) is 5.41 Å². The standard InChI is InChI=1S/C10H16F3NO2/c1-7(2)16-8(15)14-5-4-9(3,6-14)10(11,12)13/h7H,4-6H2,1-3H3. The van der Waals surface area contributed by atoms with E-state index in [4.69, 9.17) is 4.74 Å². The molecule has 1 unspecified atom stereocenters. The summed E-state index contributed by atoms with van der Waals surface area (Å²) in [4.78, 5) is 12.5. The molecule has 3 nitrogen and oxygen atoms in total. The normalized spacial score (nSPS) is 26.3. The number of rotatable bonds is 1. The molecule has 16 heavy (non-hydrogen) atoms. The predicted octanol–water partition coefficient (Wildman–Crippen LogP) is 2.81. The van der Waals surface area contributed by atoms with E-state index in [1.807, 2.05) is 0 Å². The van der Waals surface area contributed by atoms with Crippen molar-refractivity contribution in [3.63, 3.8) is 0 Å². The number of hydrogen-bond acceptors (Lipinski definition) is 2. The number of hydrogen-bond donors (Lipinski definition) is 0. The minimum atomic E-state index is -4.28. The average Bonchev–Trinajstić information content (AvgIpc) is 2.46. The topological polar surface area (TPSA) is 29.5 Å². The quantitative estimate of drug-likeness (QED) is 0.704. The number of nitrogens with zero attached hydrogens (tertiary/aromatic N) is 1. The summed E-state index contributed by atoms with van der Waals surface area (Å²) in [5.41, 5.74) is -1.80. The van der Waals surface area contributed by atoms with E-state index in [1.165, 1.54) is 0 Å². The molecule has 0 aliphatic carbocycles. The summed E-state index contributed by atoms with van der Waals surface area (Å²) in [6.07, 6.45) is -5.32. The van der Waals surface area contributed by atoms with Gasteiger partial charge in [0.15, 0.2) is 0 Å². The van der Waals surface area contributed by atoms with Gasteiger partial charge in [0, 0.05) is 13.1 Å². The Morgan fingerprint density at radius 1 is 1.44 bits per heavy atom. The highest BCUT2D eigenvalue weighted by Gasteiger charge is 2.55. The van der Waals surface area contributed by atoms with E-state index in [0.29, 0.717) is 0 Å². The molecule has 0 aromatic rings. The van der Waals surface area contributed by atoms with Crippen LogP contribution in [0.15, 0.2) is 0 Å². The van der Waals surface area contributed by atoms with Crippen LogP contribution >= 0.6 is 0 Å². The zero-order valence-electron chi connectivity index (χ0n) is 9.60. The molecule has 0 spiro atoms. The number of likely N-dealkylation sites (tertiary alicyclic amines) is 1. The van der Waals surface area contributed by atoms with E-state index in [-0.39, 0.29) is 25.6 Å². The van der Waals surface area contributed by atoms with E-state index >= 15 is 0 Å². The summed E-state index contributed by atoms with van der Waals surface area (Å²) >= 11 is 0. The van der Waals surface area contributed by atoms with Crippen molar-refractivity contribution in [1.29, 1.82) is 0 Å². The molecule has 0 bridgehead atoms. The molecule has 6 heteroatoms. The van der Waals surface area contributed by atoms with Crippen molar-refractivity contribution in [2.45, 2.75) is 39.5 Å². The first-order valence-electron chi connectivity index (χ1n) is 5.18. The van der Waals surface area contributed by atoms with Gasteiger partial charge in [-0.25, -0.2) is 4.79 Å². The van der Waals surface area contributed by atoms with Gasteiger partial charge in [0.05, 0.1) is 11.5 Å². The highest BCUT2D eigenvalue weighted by molar-refractivity contribution is 5.68. The van der Waals surface area contributed by atoms with E-state index in [0.717, 1.165) is 11.8 Å². The summed E-state index contributed by atoms with van der Waals surface area (Å²) in [7, 11) is 0. The van der Waals surface area contributed by atoms with Crippen molar-refractivity contribution in [3.05, 3.63) is 0 Å². The molecule has 1 aliphatic heterocycles. The summed E-state index contributed by atoms with van der Waals surface area (Å²) in [5.74, 6) is 0. The van der Waals surface area contributed by atoms with Gasteiger partial charge in [0.25, 0.3) is 0 Å². The number of halogens is 3. The molecule has 0 aromatic heterocycles. The molecule has 1 heterocycles. The maximum absolute atomic E-state index is 12.7. The molecule has 0 saturated carbocycles. The Morgan fingerprint density at radius 2 is 2.00 bits per heavy atom. The summed E-state index contributed by atoms with van der Waals surface area (Å²) < 4.78 is 42.9. The van der Waals surface area contributed by atoms with Crippen LogP contribution in [0.5, 0.6) is 0 Å². The average molecular weight is 239 g/mol. The lowest BCUT2D eigenvalue weighted by atomic mass is 9.89. The smallest absolute Gasteiger partial charge is 0.410 e. The van der Waals surface area contributed by atoms with Gasteiger partial charge >= 0.3 is 12.3 Å². The number of carbonyl (C=O) groups is 1. The Morgan fingerprint density at radius 3 is 2.38 bits per heavy atom. The monoisotopic (exact) mass is 239 g/mol. The van der Waals surface area contributed by atoms with Crippen LogP contribution in [-0.4, -0.2) is 36.4 Å². The first kappa shape index (κ1) is 13.1. The van der Waals surface area contributed by atoms with E-state index in [1.54, 1.807) is 13.8 Å². The molecule has 94 valence electrons. The molecule has 1 fully saturated rings. The van der Waals surface area contributed by atoms with Crippen LogP contribution in [0.4, 0.5) is 18.0 Å². The Labute approximate surface area is 92.5 Å². The summed E-state index contributed by atoms with van der Waals surface area (Å²) in [6, 6.07) is 0. The van der Waals surface area contributed by atoms with Crippen molar-refractivity contribution in [1.82, 2.24) is 4.90 Å². The van der Waals surface area contributed by atoms with Gasteiger partial charge in [-0.05, 0) is 27.2 Å². The highest BCUT2D eigenvalue weighted by atomic mass is 19.4. The molecule has 1 aliphatic rings. The Hall–Kier alpha value is -0.940. The third-order valence-corrected chi connectivity index (χ3v) is 2.75. The molecular formula is C10H16F3NO2. The van der Waals surface area contributed by atoms with Gasteiger partial charge in [-0.2, -0.15) is 13.2 Å². The second-order valence-electron chi connectivity index (χ2n) is 4.66. The lowest BCUT2D eigenvalue weighted by Crippen LogP contribution is -2.40. The lowest BCUT2D eigenvalue weighted by molar-refractivity contribution is -0.212. The van der Waals surface area contributed by atoms with Gasteiger partial charge in [-0.15, -0.1) is 0 Å². The predicted molar refractivity (Wildman–Crippen MR) is 52.0 cm³/mol. The van der Waals surface area contributed by atoms with Crippen LogP contribution < -0.4 is 0 Å². The van der Waals surface area contributed by atoms with Gasteiger partial charge in [-0.1, -0.05) is 0 Å². The van der Waals surface area contributed by atoms with Crippen LogP contribution in [0, 0.1) is 5.41 Å². The molecule has 0 aromatic carbocycles. The highest BCUT2D eigenvalue weighted by Crippen LogP contribution is 2.44. The first-order chi connectivity index (χ1) is 7.16. The van der Waals surface area contributed by atoms with Gasteiger partial charge in [-0.3, -0.25) is 0 Å². The number of alkyl halides is 3. The van der Waals surface area contributed by atoms with E-state index < -0.39 is 17.7 Å². The second-order valence-corrected chi connectivity index (χ2v) is 4.66. The molecule has 1 atom stereocenters. The van der Waals surface area contributed by atoms with Crippen molar-refractivity contribution in [2.75, 3.05) is 13.1 Å². The number of amides is 1. The largest absolute Gasteiger partial charge is 0.447 e. The zero-order valence-corrected chi connectivity index (χ0v) is 9.60. The van der Waals surface area contributed by atoms with Crippen LogP contribution in [0.2, 0.25) is 0 Å². The van der Waals surface area contributed by atoms with Crippen LogP contribution in [0.25, 0.3) is 0 Å². The molecule has 0 radical (unpaired) electrons. The Balaban J connectivity index is 2.62. The molecule has 0 N–H and O–H groups in total. The van der Waals surface area contributed by atoms with E-state index in [2.05, 4.69) is 0 Å². The maximum Gasteiger partial charge on any atom is 0.410 e. The fraction of sp³-hybridized carbons (Fsp3) is 0.900. The zero-order chi connectivity index (χ0) is 12.6. The maximum atomic E-state index is 12.7. The van der Waals surface area contributed by atoms with E-state index in [9.17, 15) is 18.0 Å². The van der Waals surface area contributed by atoms with Crippen LogP contribution in [0.1, 0.15) is 27.2 Å². The molecule has 1 amide bonds. The van der Waals surface area contributed by atoms with Crippen molar-refractivity contribution >= 4 is 6.09 Å². The third kappa shape index (κ3) is 2.59. The van der Waals surface area contributed by atoms with Gasteiger partial charge in [0.1, 0.15) is 0 Å². The van der Waals surface area contributed by atoms with Gasteiger partial charge in [0.2, 0.25) is 0 Å². The molecule has 1 saturated heterocycles.